The average Bonchev–Trinajstić information content (AvgIpc) is 0.781. The zero-order valence-electron chi connectivity index (χ0n) is 63.6. The van der Waals surface area contributed by atoms with E-state index in [2.05, 4.69) is 79.9 Å². The summed E-state index contributed by atoms with van der Waals surface area (Å²) in [5.74, 6) is -0.272. The fraction of sp³-hybridized carbons (Fsp3) is 0.843. The first-order chi connectivity index (χ1) is 49.8. The van der Waals surface area contributed by atoms with Crippen molar-refractivity contribution in [3.05, 3.63) is 72.9 Å². The fourth-order valence-electron chi connectivity index (χ4n) is 13.7. The summed E-state index contributed by atoms with van der Waals surface area (Å²) >= 11 is 0. The Labute approximate surface area is 617 Å². The molecule has 1 amide bonds. The second-order valence-corrected chi connectivity index (χ2v) is 29.2. The standard InChI is InChI=1S/C83H149NO18/c1-3-5-7-9-11-13-15-17-19-21-23-25-27-28-29-30-31-32-33-34-35-36-37-38-39-41-43-45-47-49-51-53-55-57-59-61-71(89)84-66(67(88)60-58-56-54-52-50-48-46-44-42-40-26-24-22-20-18-16-14-12-10-8-6-4-2)65-97-81-77(95)74(92)79(69(63-86)99-81)102-83-78(96)75(93)80(70(64-87)100-83)101-82-76(94)73(91)72(90)68(62-85)98-82/h5,7,11,13,17,19,23,25,28-29,58,60,66-70,72-83,85-88,90-96H,3-4,6,8-10,12,14-16,18,20-22,24,26-27,30-57,59,61-65H2,1-2H3,(H,84,89)/b7-5-,13-11-,19-17-,25-23-,29-28-,60-58+. The number of hydrogen-bond acceptors (Lipinski definition) is 18. The molecule has 17 unspecified atom stereocenters. The van der Waals surface area contributed by atoms with E-state index in [4.69, 9.17) is 28.4 Å². The highest BCUT2D eigenvalue weighted by Gasteiger charge is 2.54. The predicted octanol–water partition coefficient (Wildman–Crippen LogP) is 14.0. The number of aliphatic hydroxyl groups excluding tert-OH is 11. The lowest BCUT2D eigenvalue weighted by Crippen LogP contribution is -2.66. The monoisotopic (exact) mass is 1450 g/mol. The number of aliphatic hydroxyl groups is 11. The first-order valence-corrected chi connectivity index (χ1v) is 41.2. The van der Waals surface area contributed by atoms with Crippen LogP contribution in [0.15, 0.2) is 72.9 Å². The molecule has 594 valence electrons. The molecule has 3 rings (SSSR count). The quantitative estimate of drug-likeness (QED) is 0.0199. The average molecular weight is 1450 g/mol. The van der Waals surface area contributed by atoms with Gasteiger partial charge in [-0.15, -0.1) is 0 Å². The summed E-state index contributed by atoms with van der Waals surface area (Å²) in [6, 6.07) is -0.976. The lowest BCUT2D eigenvalue weighted by molar-refractivity contribution is -0.379. The second-order valence-electron chi connectivity index (χ2n) is 29.2. The van der Waals surface area contributed by atoms with Crippen LogP contribution in [0.4, 0.5) is 0 Å². The van der Waals surface area contributed by atoms with Gasteiger partial charge < -0.3 is 89.9 Å². The molecule has 3 fully saturated rings. The van der Waals surface area contributed by atoms with E-state index < -0.39 is 124 Å². The second kappa shape index (κ2) is 63.2. The maximum atomic E-state index is 13.5. The first kappa shape index (κ1) is 93.4. The number of unbranched alkanes of at least 4 members (excludes halogenated alkanes) is 39. The molecule has 0 radical (unpaired) electrons. The lowest BCUT2D eigenvalue weighted by atomic mass is 9.96. The molecule has 17 atom stereocenters. The highest BCUT2D eigenvalue weighted by atomic mass is 16.8. The van der Waals surface area contributed by atoms with Gasteiger partial charge in [-0.25, -0.2) is 0 Å². The van der Waals surface area contributed by atoms with E-state index in [-0.39, 0.29) is 18.9 Å². The van der Waals surface area contributed by atoms with Crippen LogP contribution < -0.4 is 5.32 Å². The van der Waals surface area contributed by atoms with E-state index in [9.17, 15) is 61.0 Å². The molecule has 3 aliphatic rings. The van der Waals surface area contributed by atoms with Gasteiger partial charge in [0, 0.05) is 6.42 Å². The summed E-state index contributed by atoms with van der Waals surface area (Å²) < 4.78 is 34.5. The van der Waals surface area contributed by atoms with Crippen molar-refractivity contribution in [2.45, 2.75) is 420 Å². The molecule has 12 N–H and O–H groups in total. The lowest BCUT2D eigenvalue weighted by Gasteiger charge is -2.48. The van der Waals surface area contributed by atoms with Crippen molar-refractivity contribution in [1.82, 2.24) is 5.32 Å². The van der Waals surface area contributed by atoms with Gasteiger partial charge in [-0.2, -0.15) is 0 Å². The topological polar surface area (TPSA) is 307 Å². The third kappa shape index (κ3) is 42.7. The number of hydrogen-bond donors (Lipinski definition) is 12. The Balaban J connectivity index is 1.34. The van der Waals surface area contributed by atoms with Crippen molar-refractivity contribution >= 4 is 5.91 Å². The van der Waals surface area contributed by atoms with Gasteiger partial charge in [0.05, 0.1) is 38.6 Å². The highest BCUT2D eigenvalue weighted by Crippen LogP contribution is 2.33. The zero-order valence-corrected chi connectivity index (χ0v) is 63.6. The highest BCUT2D eigenvalue weighted by molar-refractivity contribution is 5.76. The van der Waals surface area contributed by atoms with Gasteiger partial charge >= 0.3 is 0 Å². The van der Waals surface area contributed by atoms with Crippen molar-refractivity contribution in [2.75, 3.05) is 26.4 Å². The molecular weight excluding hydrogens is 1300 g/mol. The van der Waals surface area contributed by atoms with Crippen molar-refractivity contribution < 1.29 is 89.4 Å². The van der Waals surface area contributed by atoms with E-state index >= 15 is 0 Å². The summed E-state index contributed by atoms with van der Waals surface area (Å²) in [4.78, 5) is 13.5. The molecule has 3 heterocycles. The zero-order chi connectivity index (χ0) is 73.9. The van der Waals surface area contributed by atoms with E-state index in [0.29, 0.717) is 6.42 Å². The number of carbonyl (C=O) groups is 1. The van der Waals surface area contributed by atoms with Gasteiger partial charge in [-0.1, -0.05) is 318 Å². The van der Waals surface area contributed by atoms with Crippen molar-refractivity contribution in [2.24, 2.45) is 0 Å². The molecule has 102 heavy (non-hydrogen) atoms. The molecule has 0 aromatic rings. The predicted molar refractivity (Wildman–Crippen MR) is 406 cm³/mol. The maximum absolute atomic E-state index is 13.5. The van der Waals surface area contributed by atoms with Gasteiger partial charge in [0.2, 0.25) is 5.91 Å². The van der Waals surface area contributed by atoms with Crippen LogP contribution in [0.2, 0.25) is 0 Å². The molecule has 0 bridgehead atoms. The third-order valence-corrected chi connectivity index (χ3v) is 20.3. The Hall–Kier alpha value is -2.77. The smallest absolute Gasteiger partial charge is 0.220 e. The number of ether oxygens (including phenoxy) is 6. The first-order valence-electron chi connectivity index (χ1n) is 41.2. The van der Waals surface area contributed by atoms with Crippen molar-refractivity contribution in [1.29, 1.82) is 0 Å². The normalized spacial score (nSPS) is 26.5. The van der Waals surface area contributed by atoms with Crippen LogP contribution in [-0.4, -0.2) is 193 Å². The Morgan fingerprint density at radius 1 is 0.363 bits per heavy atom. The Bertz CT molecular complexity index is 2120. The van der Waals surface area contributed by atoms with Crippen molar-refractivity contribution in [3.63, 3.8) is 0 Å². The molecule has 0 spiro atoms. The summed E-state index contributed by atoms with van der Waals surface area (Å²) in [6.45, 7) is 1.66. The van der Waals surface area contributed by atoms with Gasteiger partial charge in [-0.05, 0) is 64.2 Å². The van der Waals surface area contributed by atoms with Crippen LogP contribution in [0.25, 0.3) is 0 Å². The van der Waals surface area contributed by atoms with Crippen molar-refractivity contribution in [3.8, 4) is 0 Å². The molecule has 0 aromatic heterocycles. The number of rotatable bonds is 65. The minimum atomic E-state index is -1.98. The van der Waals surface area contributed by atoms with Gasteiger partial charge in [0.25, 0.3) is 0 Å². The van der Waals surface area contributed by atoms with E-state index in [1.165, 1.54) is 212 Å². The SMILES string of the molecule is CC/C=C\C/C=C\C/C=C\C/C=C\C/C=C\CCCCCCCCCCCCCCCCCCCCCC(=O)NC(COC1OC(CO)C(OC2OC(CO)C(OC3OC(CO)C(O)C(O)C3O)C(O)C2O)C(O)C1O)C(O)/C=C/CCCCCCCCCCCCCCCCCCCCCC. The maximum Gasteiger partial charge on any atom is 0.220 e. The largest absolute Gasteiger partial charge is 0.394 e. The Morgan fingerprint density at radius 2 is 0.676 bits per heavy atom. The van der Waals surface area contributed by atoms with Crippen LogP contribution in [0.1, 0.15) is 316 Å². The molecule has 0 saturated carbocycles. The van der Waals surface area contributed by atoms with Gasteiger partial charge in [0.15, 0.2) is 18.9 Å². The fourth-order valence-corrected chi connectivity index (χ4v) is 13.7. The van der Waals surface area contributed by atoms with Crippen LogP contribution in [-0.2, 0) is 33.2 Å². The van der Waals surface area contributed by atoms with Gasteiger partial charge in [0.1, 0.15) is 73.2 Å². The number of carbonyl (C=O) groups excluding carboxylic acids is 1. The minimum Gasteiger partial charge on any atom is -0.394 e. The molecule has 0 aromatic carbocycles. The summed E-state index contributed by atoms with van der Waals surface area (Å²) in [5.41, 5.74) is 0. The number of allylic oxidation sites excluding steroid dienone is 11. The molecule has 19 heteroatoms. The minimum absolute atomic E-state index is 0.244. The molecule has 0 aliphatic carbocycles. The van der Waals surface area contributed by atoms with E-state index in [0.717, 1.165) is 77.0 Å². The number of amides is 1. The van der Waals surface area contributed by atoms with Crippen LogP contribution >= 0.6 is 0 Å². The number of nitrogens with one attached hydrogen (secondary N) is 1. The van der Waals surface area contributed by atoms with Crippen LogP contribution in [0.5, 0.6) is 0 Å². The third-order valence-electron chi connectivity index (χ3n) is 20.3. The summed E-state index contributed by atoms with van der Waals surface area (Å²) in [5, 5.41) is 121. The molecule has 19 nitrogen and oxygen atoms in total. The van der Waals surface area contributed by atoms with Crippen LogP contribution in [0, 0.1) is 0 Å². The van der Waals surface area contributed by atoms with Crippen LogP contribution in [0.3, 0.4) is 0 Å². The molecule has 3 aliphatic heterocycles. The Morgan fingerprint density at radius 3 is 1.06 bits per heavy atom. The summed E-state index contributed by atoms with van der Waals surface area (Å²) in [6.07, 6.45) is 56.0. The molecular formula is C83H149NO18. The molecule has 3 saturated heterocycles. The van der Waals surface area contributed by atoms with E-state index in [1.54, 1.807) is 6.08 Å². The Kier molecular flexibility index (Phi) is 57.9. The summed E-state index contributed by atoms with van der Waals surface area (Å²) in [7, 11) is 0. The van der Waals surface area contributed by atoms with E-state index in [1.807, 2.05) is 6.08 Å². The van der Waals surface area contributed by atoms with Gasteiger partial charge in [-0.3, -0.25) is 4.79 Å².